The molecule has 4 rings (SSSR count). The molecule has 3 aliphatic rings. The first-order valence-electron chi connectivity index (χ1n) is 10.1. The van der Waals surface area contributed by atoms with Crippen LogP contribution in [0.4, 0.5) is 0 Å². The summed E-state index contributed by atoms with van der Waals surface area (Å²) < 4.78 is 7.95. The zero-order valence-electron chi connectivity index (χ0n) is 15.5. The van der Waals surface area contributed by atoms with E-state index in [1.165, 1.54) is 30.8 Å². The van der Waals surface area contributed by atoms with E-state index in [1.54, 1.807) is 0 Å². The molecule has 1 aromatic heterocycles. The van der Waals surface area contributed by atoms with Gasteiger partial charge in [-0.05, 0) is 39.0 Å². The minimum atomic E-state index is 0.284. The van der Waals surface area contributed by atoms with Crippen LogP contribution in [0.25, 0.3) is 0 Å². The third-order valence-corrected chi connectivity index (χ3v) is 6.39. The number of nitrogens with zero attached hydrogens (tertiary/aromatic N) is 3. The molecule has 1 atom stereocenters. The van der Waals surface area contributed by atoms with Crippen molar-refractivity contribution in [3.05, 3.63) is 17.7 Å². The van der Waals surface area contributed by atoms with Crippen molar-refractivity contribution in [2.45, 2.75) is 70.3 Å². The van der Waals surface area contributed by atoms with E-state index in [-0.39, 0.29) is 5.92 Å². The van der Waals surface area contributed by atoms with Crippen LogP contribution >= 0.6 is 0 Å². The molecule has 138 valence electrons. The Morgan fingerprint density at radius 2 is 1.88 bits per heavy atom. The highest BCUT2D eigenvalue weighted by Gasteiger charge is 2.34. The van der Waals surface area contributed by atoms with E-state index < -0.39 is 0 Å². The Labute approximate surface area is 150 Å². The smallest absolute Gasteiger partial charge is 0.225 e. The average Bonchev–Trinajstić information content (AvgIpc) is 3.29. The number of amides is 1. The van der Waals surface area contributed by atoms with Gasteiger partial charge in [0.2, 0.25) is 5.91 Å². The van der Waals surface area contributed by atoms with E-state index in [9.17, 15) is 4.79 Å². The number of imidazole rings is 1. The van der Waals surface area contributed by atoms with Crippen molar-refractivity contribution >= 4 is 5.91 Å². The van der Waals surface area contributed by atoms with Crippen LogP contribution in [-0.4, -0.2) is 46.7 Å². The highest BCUT2D eigenvalue weighted by atomic mass is 16.5. The molecule has 5 heteroatoms. The number of hydrogen-bond donors (Lipinski definition) is 0. The van der Waals surface area contributed by atoms with Crippen molar-refractivity contribution in [1.29, 1.82) is 0 Å². The second-order valence-corrected chi connectivity index (χ2v) is 8.08. The summed E-state index contributed by atoms with van der Waals surface area (Å²) in [6.07, 6.45) is 11.1. The number of hydrogen-bond acceptors (Lipinski definition) is 3. The van der Waals surface area contributed by atoms with Crippen LogP contribution in [-0.2, 0) is 9.53 Å². The Balaban J connectivity index is 1.46. The van der Waals surface area contributed by atoms with E-state index in [4.69, 9.17) is 9.72 Å². The minimum absolute atomic E-state index is 0.284. The maximum Gasteiger partial charge on any atom is 0.225 e. The molecule has 1 amide bonds. The summed E-state index contributed by atoms with van der Waals surface area (Å²) in [4.78, 5) is 19.8. The summed E-state index contributed by atoms with van der Waals surface area (Å²) in [7, 11) is 0. The van der Waals surface area contributed by atoms with Gasteiger partial charge in [-0.3, -0.25) is 4.79 Å². The van der Waals surface area contributed by atoms with Gasteiger partial charge in [-0.2, -0.15) is 0 Å². The molecule has 1 unspecified atom stereocenters. The summed E-state index contributed by atoms with van der Waals surface area (Å²) in [5.74, 6) is 2.42. The van der Waals surface area contributed by atoms with Gasteiger partial charge < -0.3 is 14.2 Å². The van der Waals surface area contributed by atoms with E-state index in [0.29, 0.717) is 17.9 Å². The summed E-state index contributed by atoms with van der Waals surface area (Å²) >= 11 is 0. The molecule has 3 heterocycles. The topological polar surface area (TPSA) is 47.4 Å². The lowest BCUT2D eigenvalue weighted by Crippen LogP contribution is -2.35. The van der Waals surface area contributed by atoms with Crippen LogP contribution in [0.3, 0.4) is 0 Å². The average molecular weight is 345 g/mol. The number of carbonyl (C=O) groups excluding carboxylic acids is 1. The number of likely N-dealkylation sites (tertiary alicyclic amines) is 1. The van der Waals surface area contributed by atoms with Gasteiger partial charge in [-0.15, -0.1) is 0 Å². The van der Waals surface area contributed by atoms with Crippen molar-refractivity contribution in [3.63, 3.8) is 0 Å². The third-order valence-electron chi connectivity index (χ3n) is 6.39. The molecule has 1 saturated carbocycles. The monoisotopic (exact) mass is 345 g/mol. The van der Waals surface area contributed by atoms with Gasteiger partial charge in [0.05, 0.1) is 6.04 Å². The standard InChI is InChI=1S/C20H31N3O2/c1-15-13-21-19(16-8-11-25-12-9-16)23(15)18-7-10-22(14-18)20(24)17-5-3-2-4-6-17/h13,16-18H,2-12,14H2,1H3. The largest absolute Gasteiger partial charge is 0.381 e. The van der Waals surface area contributed by atoms with Gasteiger partial charge in [0.1, 0.15) is 5.82 Å². The summed E-state index contributed by atoms with van der Waals surface area (Å²) in [5, 5.41) is 0. The Morgan fingerprint density at radius 3 is 2.64 bits per heavy atom. The molecule has 2 aliphatic heterocycles. The predicted molar refractivity (Wildman–Crippen MR) is 96.6 cm³/mol. The zero-order chi connectivity index (χ0) is 17.2. The molecule has 25 heavy (non-hydrogen) atoms. The van der Waals surface area contributed by atoms with Gasteiger partial charge in [-0.25, -0.2) is 4.98 Å². The van der Waals surface area contributed by atoms with Crippen molar-refractivity contribution in [2.75, 3.05) is 26.3 Å². The second kappa shape index (κ2) is 7.48. The molecule has 1 aromatic rings. The summed E-state index contributed by atoms with van der Waals surface area (Å²) in [6.45, 7) is 5.61. The second-order valence-electron chi connectivity index (χ2n) is 8.08. The van der Waals surface area contributed by atoms with E-state index in [0.717, 1.165) is 58.4 Å². The molecule has 0 aromatic carbocycles. The first-order chi connectivity index (χ1) is 12.2. The van der Waals surface area contributed by atoms with Crippen LogP contribution in [0, 0.1) is 12.8 Å². The van der Waals surface area contributed by atoms with Crippen molar-refractivity contribution in [2.24, 2.45) is 5.92 Å². The van der Waals surface area contributed by atoms with Gasteiger partial charge in [0.25, 0.3) is 0 Å². The number of rotatable bonds is 3. The lowest BCUT2D eigenvalue weighted by atomic mass is 9.88. The first kappa shape index (κ1) is 17.1. The maximum absolute atomic E-state index is 12.9. The van der Waals surface area contributed by atoms with Crippen molar-refractivity contribution in [1.82, 2.24) is 14.5 Å². The molecule has 0 radical (unpaired) electrons. The number of aryl methyl sites for hydroxylation is 1. The fourth-order valence-corrected chi connectivity index (χ4v) is 4.96. The molecule has 5 nitrogen and oxygen atoms in total. The molecule has 1 aliphatic carbocycles. The molecule has 2 saturated heterocycles. The van der Waals surface area contributed by atoms with Crippen LogP contribution in [0.5, 0.6) is 0 Å². The van der Waals surface area contributed by atoms with E-state index in [1.807, 2.05) is 6.20 Å². The van der Waals surface area contributed by atoms with Crippen molar-refractivity contribution < 1.29 is 9.53 Å². The lowest BCUT2D eigenvalue weighted by Gasteiger charge is -2.28. The summed E-state index contributed by atoms with van der Waals surface area (Å²) in [5.41, 5.74) is 1.23. The fraction of sp³-hybridized carbons (Fsp3) is 0.800. The Bertz CT molecular complexity index is 600. The lowest BCUT2D eigenvalue weighted by molar-refractivity contribution is -0.135. The Morgan fingerprint density at radius 1 is 1.12 bits per heavy atom. The minimum Gasteiger partial charge on any atom is -0.381 e. The predicted octanol–water partition coefficient (Wildman–Crippen LogP) is 3.44. The van der Waals surface area contributed by atoms with Crippen LogP contribution in [0.15, 0.2) is 6.20 Å². The zero-order valence-corrected chi connectivity index (χ0v) is 15.5. The Kier molecular flexibility index (Phi) is 5.11. The van der Waals surface area contributed by atoms with Crippen molar-refractivity contribution in [3.8, 4) is 0 Å². The van der Waals surface area contributed by atoms with Gasteiger partial charge >= 0.3 is 0 Å². The molecular formula is C20H31N3O2. The molecule has 0 bridgehead atoms. The van der Waals surface area contributed by atoms with E-state index >= 15 is 0 Å². The van der Waals surface area contributed by atoms with Gasteiger partial charge in [-0.1, -0.05) is 19.3 Å². The Hall–Kier alpha value is -1.36. The number of aromatic nitrogens is 2. The molecule has 3 fully saturated rings. The molecule has 0 spiro atoms. The third kappa shape index (κ3) is 3.48. The maximum atomic E-state index is 12.9. The number of carbonyl (C=O) groups is 1. The summed E-state index contributed by atoms with van der Waals surface area (Å²) in [6, 6.07) is 0.396. The van der Waals surface area contributed by atoms with Crippen LogP contribution in [0.2, 0.25) is 0 Å². The highest BCUT2D eigenvalue weighted by molar-refractivity contribution is 5.79. The van der Waals surface area contributed by atoms with Gasteiger partial charge in [0.15, 0.2) is 0 Å². The highest BCUT2D eigenvalue weighted by Crippen LogP contribution is 2.34. The van der Waals surface area contributed by atoms with E-state index in [2.05, 4.69) is 16.4 Å². The quantitative estimate of drug-likeness (QED) is 0.843. The van der Waals surface area contributed by atoms with Gasteiger partial charge in [0, 0.05) is 50.0 Å². The normalized spacial score (nSPS) is 26.3. The first-order valence-corrected chi connectivity index (χ1v) is 10.1. The van der Waals surface area contributed by atoms with Crippen LogP contribution < -0.4 is 0 Å². The molecule has 0 N–H and O–H groups in total. The number of ether oxygens (including phenoxy) is 1. The fourth-order valence-electron chi connectivity index (χ4n) is 4.96. The SMILES string of the molecule is Cc1cnc(C2CCOCC2)n1C1CCN(C(=O)C2CCCCC2)C1. The van der Waals surface area contributed by atoms with Crippen LogP contribution in [0.1, 0.15) is 74.8 Å². The molecular weight excluding hydrogens is 314 g/mol.